The van der Waals surface area contributed by atoms with Gasteiger partial charge in [0.25, 0.3) is 0 Å². The van der Waals surface area contributed by atoms with Gasteiger partial charge in [-0.3, -0.25) is 0 Å². The quantitative estimate of drug-likeness (QED) is 0.875. The zero-order valence-corrected chi connectivity index (χ0v) is 11.9. The number of benzene rings is 1. The number of carboxylic acid groups (broad SMARTS) is 1. The normalized spacial score (nSPS) is 12.6. The molecule has 0 aliphatic carbocycles. The van der Waals surface area contributed by atoms with Gasteiger partial charge in [-0.2, -0.15) is 0 Å². The Morgan fingerprint density at radius 3 is 2.75 bits per heavy atom. The van der Waals surface area contributed by atoms with Gasteiger partial charge in [0.1, 0.15) is 5.82 Å². The van der Waals surface area contributed by atoms with Gasteiger partial charge in [-0.05, 0) is 33.2 Å². The molecule has 2 aromatic rings. The number of para-hydroxylation sites is 1. The molecule has 5 nitrogen and oxygen atoms in total. The van der Waals surface area contributed by atoms with Crippen molar-refractivity contribution >= 4 is 22.7 Å². The van der Waals surface area contributed by atoms with E-state index in [0.29, 0.717) is 16.7 Å². The second-order valence-electron chi connectivity index (χ2n) is 5.18. The van der Waals surface area contributed by atoms with Crippen molar-refractivity contribution in [3.05, 3.63) is 35.9 Å². The molecule has 2 N–H and O–H groups in total. The Balaban J connectivity index is 2.37. The van der Waals surface area contributed by atoms with Crippen molar-refractivity contribution in [2.45, 2.75) is 13.0 Å². The Morgan fingerprint density at radius 2 is 2.10 bits per heavy atom. The number of hydrogen-bond acceptors (Lipinski definition) is 4. The van der Waals surface area contributed by atoms with Gasteiger partial charge in [0.05, 0.1) is 11.1 Å². The number of carbonyl (C=O) groups is 1. The fourth-order valence-electron chi connectivity index (χ4n) is 2.27. The first kappa shape index (κ1) is 14.3. The van der Waals surface area contributed by atoms with E-state index in [-0.39, 0.29) is 11.6 Å². The summed E-state index contributed by atoms with van der Waals surface area (Å²) in [6.45, 7) is 2.88. The van der Waals surface area contributed by atoms with Gasteiger partial charge >= 0.3 is 5.97 Å². The van der Waals surface area contributed by atoms with Crippen LogP contribution in [-0.4, -0.2) is 47.6 Å². The molecule has 0 aliphatic heterocycles. The standard InChI is InChI=1S/C15H19N3O2/c1-10(9-18(2)3)16-14-8-12(15(19)20)11-6-4-5-7-13(11)17-14/h4-8,10H,9H2,1-3H3,(H,16,17)(H,19,20). The zero-order chi connectivity index (χ0) is 14.7. The summed E-state index contributed by atoms with van der Waals surface area (Å²) in [6, 6.07) is 9.05. The van der Waals surface area contributed by atoms with E-state index in [9.17, 15) is 9.90 Å². The van der Waals surface area contributed by atoms with E-state index in [1.807, 2.05) is 39.2 Å². The first-order valence-corrected chi connectivity index (χ1v) is 6.51. The van der Waals surface area contributed by atoms with E-state index >= 15 is 0 Å². The summed E-state index contributed by atoms with van der Waals surface area (Å²) < 4.78 is 0. The third-order valence-corrected chi connectivity index (χ3v) is 2.98. The van der Waals surface area contributed by atoms with Crippen LogP contribution >= 0.6 is 0 Å². The van der Waals surface area contributed by atoms with E-state index in [0.717, 1.165) is 6.54 Å². The second kappa shape index (κ2) is 5.88. The minimum atomic E-state index is -0.938. The van der Waals surface area contributed by atoms with Crippen molar-refractivity contribution < 1.29 is 9.90 Å². The lowest BCUT2D eigenvalue weighted by Gasteiger charge is -2.19. The van der Waals surface area contributed by atoms with E-state index in [2.05, 4.69) is 15.2 Å². The average Bonchev–Trinajstić information content (AvgIpc) is 2.36. The van der Waals surface area contributed by atoms with Gasteiger partial charge < -0.3 is 15.3 Å². The van der Waals surface area contributed by atoms with Crippen LogP contribution in [0, 0.1) is 0 Å². The molecule has 1 atom stereocenters. The predicted octanol–water partition coefficient (Wildman–Crippen LogP) is 2.29. The average molecular weight is 273 g/mol. The zero-order valence-electron chi connectivity index (χ0n) is 11.9. The number of likely N-dealkylation sites (N-methyl/N-ethyl adjacent to an activating group) is 1. The molecule has 5 heteroatoms. The lowest BCUT2D eigenvalue weighted by atomic mass is 10.1. The Bertz CT molecular complexity index is 626. The first-order valence-electron chi connectivity index (χ1n) is 6.51. The van der Waals surface area contributed by atoms with Gasteiger partial charge in [0.15, 0.2) is 0 Å². The molecule has 0 spiro atoms. The van der Waals surface area contributed by atoms with Crippen LogP contribution in [0.25, 0.3) is 10.9 Å². The van der Waals surface area contributed by atoms with Crippen LogP contribution in [0.2, 0.25) is 0 Å². The Labute approximate surface area is 118 Å². The summed E-state index contributed by atoms with van der Waals surface area (Å²) in [5.74, 6) is -0.345. The van der Waals surface area contributed by atoms with Crippen molar-refractivity contribution in [1.82, 2.24) is 9.88 Å². The minimum Gasteiger partial charge on any atom is -0.478 e. The number of aromatic carboxylic acids is 1. The third kappa shape index (κ3) is 3.24. The molecule has 0 aliphatic rings. The molecule has 0 radical (unpaired) electrons. The SMILES string of the molecule is CC(CN(C)C)Nc1cc(C(=O)O)c2ccccc2n1. The van der Waals surface area contributed by atoms with Crippen LogP contribution in [0.1, 0.15) is 17.3 Å². The number of anilines is 1. The third-order valence-electron chi connectivity index (χ3n) is 2.98. The summed E-state index contributed by atoms with van der Waals surface area (Å²) in [7, 11) is 3.99. The molecule has 1 unspecified atom stereocenters. The maximum Gasteiger partial charge on any atom is 0.336 e. The topological polar surface area (TPSA) is 65.5 Å². The molecule has 20 heavy (non-hydrogen) atoms. The van der Waals surface area contributed by atoms with Gasteiger partial charge in [-0.15, -0.1) is 0 Å². The molecule has 106 valence electrons. The van der Waals surface area contributed by atoms with Crippen LogP contribution < -0.4 is 5.32 Å². The predicted molar refractivity (Wildman–Crippen MR) is 80.3 cm³/mol. The van der Waals surface area contributed by atoms with Crippen molar-refractivity contribution in [2.24, 2.45) is 0 Å². The molecular formula is C15H19N3O2. The summed E-state index contributed by atoms with van der Waals surface area (Å²) in [4.78, 5) is 17.9. The summed E-state index contributed by atoms with van der Waals surface area (Å²) in [5, 5.41) is 13.2. The van der Waals surface area contributed by atoms with E-state index in [1.54, 1.807) is 12.1 Å². The van der Waals surface area contributed by atoms with Crippen molar-refractivity contribution in [3.8, 4) is 0 Å². The molecule has 1 heterocycles. The fraction of sp³-hybridized carbons (Fsp3) is 0.333. The van der Waals surface area contributed by atoms with Gasteiger partial charge in [0, 0.05) is 18.0 Å². The minimum absolute atomic E-state index is 0.181. The highest BCUT2D eigenvalue weighted by atomic mass is 16.4. The van der Waals surface area contributed by atoms with Gasteiger partial charge in [-0.1, -0.05) is 18.2 Å². The molecule has 1 aromatic carbocycles. The molecule has 0 saturated carbocycles. The summed E-state index contributed by atoms with van der Waals surface area (Å²) >= 11 is 0. The lowest BCUT2D eigenvalue weighted by Crippen LogP contribution is -2.30. The Kier molecular flexibility index (Phi) is 4.20. The van der Waals surface area contributed by atoms with E-state index < -0.39 is 5.97 Å². The fourth-order valence-corrected chi connectivity index (χ4v) is 2.27. The van der Waals surface area contributed by atoms with Gasteiger partial charge in [0.2, 0.25) is 0 Å². The smallest absolute Gasteiger partial charge is 0.336 e. The summed E-state index contributed by atoms with van der Waals surface area (Å²) in [5.41, 5.74) is 0.960. The van der Waals surface area contributed by atoms with Crippen LogP contribution in [-0.2, 0) is 0 Å². The molecule has 0 fully saturated rings. The lowest BCUT2D eigenvalue weighted by molar-refractivity contribution is 0.0699. The van der Waals surface area contributed by atoms with E-state index in [1.165, 1.54) is 0 Å². The highest BCUT2D eigenvalue weighted by Crippen LogP contribution is 2.21. The molecule has 0 amide bonds. The van der Waals surface area contributed by atoms with Crippen LogP contribution in [0.5, 0.6) is 0 Å². The molecule has 2 rings (SSSR count). The Hall–Kier alpha value is -2.14. The second-order valence-corrected chi connectivity index (χ2v) is 5.18. The van der Waals surface area contributed by atoms with E-state index in [4.69, 9.17) is 0 Å². The maximum absolute atomic E-state index is 11.4. The van der Waals surface area contributed by atoms with Crippen LogP contribution in [0.4, 0.5) is 5.82 Å². The largest absolute Gasteiger partial charge is 0.478 e. The number of nitrogens with zero attached hydrogens (tertiary/aromatic N) is 2. The van der Waals surface area contributed by atoms with Crippen molar-refractivity contribution in [1.29, 1.82) is 0 Å². The molecule has 0 saturated heterocycles. The van der Waals surface area contributed by atoms with Crippen molar-refractivity contribution in [2.75, 3.05) is 26.0 Å². The highest BCUT2D eigenvalue weighted by molar-refractivity contribution is 6.03. The first-order chi connectivity index (χ1) is 9.47. The summed E-state index contributed by atoms with van der Waals surface area (Å²) in [6.07, 6.45) is 0. The number of pyridine rings is 1. The number of hydrogen-bond donors (Lipinski definition) is 2. The maximum atomic E-state index is 11.4. The number of fused-ring (bicyclic) bond motifs is 1. The molecule has 0 bridgehead atoms. The monoisotopic (exact) mass is 273 g/mol. The van der Waals surface area contributed by atoms with Crippen LogP contribution in [0.15, 0.2) is 30.3 Å². The number of aromatic nitrogens is 1. The molecule has 1 aromatic heterocycles. The van der Waals surface area contributed by atoms with Gasteiger partial charge in [-0.25, -0.2) is 9.78 Å². The van der Waals surface area contributed by atoms with Crippen LogP contribution in [0.3, 0.4) is 0 Å². The highest BCUT2D eigenvalue weighted by Gasteiger charge is 2.12. The Morgan fingerprint density at radius 1 is 1.40 bits per heavy atom. The number of rotatable bonds is 5. The molecular weight excluding hydrogens is 254 g/mol. The van der Waals surface area contributed by atoms with Crippen molar-refractivity contribution in [3.63, 3.8) is 0 Å². The number of carboxylic acids is 1. The number of nitrogens with one attached hydrogen (secondary N) is 1.